The van der Waals surface area contributed by atoms with Crippen LogP contribution in [0.4, 0.5) is 0 Å². The fourth-order valence-corrected chi connectivity index (χ4v) is 16.1. The molecule has 0 saturated heterocycles. The molecule has 0 aliphatic carbocycles. The third-order valence-electron chi connectivity index (χ3n) is 4.48. The van der Waals surface area contributed by atoms with Crippen molar-refractivity contribution in [3.63, 3.8) is 0 Å². The molecule has 0 fully saturated rings. The zero-order valence-electron chi connectivity index (χ0n) is 14.1. The van der Waals surface area contributed by atoms with Gasteiger partial charge in [0.25, 0.3) is 0 Å². The largest absolute Gasteiger partial charge is 0.0724 e. The Bertz CT molecular complexity index is 166. The maximum absolute atomic E-state index is 2.55. The Morgan fingerprint density at radius 3 is 1.29 bits per heavy atom. The SMILES string of the molecule is CC[Si](C)(CC)CC.C[SiH](C)C[Si](C)(C)C[SiH3]. The highest BCUT2D eigenvalue weighted by Crippen LogP contribution is 2.18. The van der Waals surface area contributed by atoms with Gasteiger partial charge in [-0.15, -0.1) is 0 Å². The summed E-state index contributed by atoms with van der Waals surface area (Å²) in [4.78, 5) is 0. The molecule has 0 nitrogen and oxygen atoms in total. The Kier molecular flexibility index (Phi) is 11.6. The van der Waals surface area contributed by atoms with Crippen molar-refractivity contribution in [2.75, 3.05) is 0 Å². The molecule has 0 unspecified atom stereocenters. The molecular weight excluding hydrogens is 268 g/mol. The van der Waals surface area contributed by atoms with Gasteiger partial charge in [0.15, 0.2) is 0 Å². The summed E-state index contributed by atoms with van der Waals surface area (Å²) in [5, 5.41) is 0. The van der Waals surface area contributed by atoms with Gasteiger partial charge in [0, 0.05) is 24.9 Å². The van der Waals surface area contributed by atoms with E-state index in [9.17, 15) is 0 Å². The smallest absolute Gasteiger partial charge is 0.0496 e. The van der Waals surface area contributed by atoms with Gasteiger partial charge in [-0.3, -0.25) is 0 Å². The molecule has 106 valence electrons. The van der Waals surface area contributed by atoms with Crippen molar-refractivity contribution in [3.8, 4) is 0 Å². The minimum absolute atomic E-state index is 0.229. The highest BCUT2D eigenvalue weighted by Gasteiger charge is 2.19. The molecule has 0 aliphatic rings. The first-order valence-corrected chi connectivity index (χ1v) is 18.7. The average Bonchev–Trinajstić information content (AvgIpc) is 2.27. The van der Waals surface area contributed by atoms with Crippen molar-refractivity contribution in [2.45, 2.75) is 83.0 Å². The maximum atomic E-state index is 2.55. The van der Waals surface area contributed by atoms with Crippen LogP contribution in [0, 0.1) is 0 Å². The van der Waals surface area contributed by atoms with Crippen LogP contribution in [0.3, 0.4) is 0 Å². The Morgan fingerprint density at radius 1 is 0.882 bits per heavy atom. The first-order chi connectivity index (χ1) is 7.66. The minimum Gasteiger partial charge on any atom is -0.0724 e. The van der Waals surface area contributed by atoms with E-state index in [0.29, 0.717) is 0 Å². The van der Waals surface area contributed by atoms with Gasteiger partial charge >= 0.3 is 0 Å². The molecule has 0 radical (unpaired) electrons. The molecule has 0 aliphatic heterocycles. The highest BCUT2D eigenvalue weighted by atomic mass is 28.4. The quantitative estimate of drug-likeness (QED) is 0.646. The Hall–Kier alpha value is 0.868. The molecule has 0 rings (SSSR count). The Labute approximate surface area is 118 Å². The van der Waals surface area contributed by atoms with Gasteiger partial charge in [-0.05, 0) is 10.2 Å². The lowest BCUT2D eigenvalue weighted by Crippen LogP contribution is -2.30. The van der Waals surface area contributed by atoms with E-state index in [1.54, 1.807) is 11.3 Å². The second kappa shape index (κ2) is 9.75. The molecule has 0 N–H and O–H groups in total. The van der Waals surface area contributed by atoms with Crippen molar-refractivity contribution in [3.05, 3.63) is 0 Å². The highest BCUT2D eigenvalue weighted by molar-refractivity contribution is 6.90. The van der Waals surface area contributed by atoms with E-state index in [1.165, 1.54) is 28.4 Å². The second-order valence-corrected chi connectivity index (χ2v) is 24.3. The summed E-state index contributed by atoms with van der Waals surface area (Å²) in [6.07, 6.45) is 0. The van der Waals surface area contributed by atoms with Crippen LogP contribution in [-0.4, -0.2) is 35.2 Å². The zero-order valence-corrected chi connectivity index (χ0v) is 19.3. The van der Waals surface area contributed by atoms with Crippen LogP contribution >= 0.6 is 0 Å². The molecule has 0 aromatic carbocycles. The van der Waals surface area contributed by atoms with Gasteiger partial charge in [0.05, 0.1) is 0 Å². The predicted octanol–water partition coefficient (Wildman–Crippen LogP) is 4.17. The molecule has 17 heavy (non-hydrogen) atoms. The van der Waals surface area contributed by atoms with Crippen LogP contribution in [-0.2, 0) is 0 Å². The molecule has 0 saturated carbocycles. The first kappa shape index (κ1) is 20.2. The van der Waals surface area contributed by atoms with Crippen molar-refractivity contribution in [1.29, 1.82) is 0 Å². The normalized spacial score (nSPS) is 12.5. The minimum atomic E-state index is -0.671. The summed E-state index contributed by atoms with van der Waals surface area (Å²) in [6.45, 7) is 19.5. The van der Waals surface area contributed by atoms with Gasteiger partial charge in [-0.2, -0.15) is 0 Å². The lowest BCUT2D eigenvalue weighted by Gasteiger charge is -2.21. The molecule has 0 aromatic heterocycles. The predicted molar refractivity (Wildman–Crippen MR) is 99.0 cm³/mol. The van der Waals surface area contributed by atoms with Crippen LogP contribution in [0.15, 0.2) is 0 Å². The topological polar surface area (TPSA) is 0 Å². The summed E-state index contributed by atoms with van der Waals surface area (Å²) in [7, 11) is -0.0806. The summed E-state index contributed by atoms with van der Waals surface area (Å²) >= 11 is 0. The molecule has 0 aromatic rings. The third-order valence-corrected chi connectivity index (χ3v) is 24.9. The number of hydrogen-bond acceptors (Lipinski definition) is 0. The van der Waals surface area contributed by atoms with Crippen LogP contribution in [0.5, 0.6) is 0 Å². The molecule has 0 bridgehead atoms. The van der Waals surface area contributed by atoms with E-state index in [0.717, 1.165) is 0 Å². The number of hydrogen-bond donors (Lipinski definition) is 0. The van der Waals surface area contributed by atoms with Crippen molar-refractivity contribution < 1.29 is 0 Å². The maximum Gasteiger partial charge on any atom is 0.0496 e. The lowest BCUT2D eigenvalue weighted by atomic mass is 10.9. The zero-order chi connectivity index (χ0) is 14.1. The van der Waals surface area contributed by atoms with E-state index in [4.69, 9.17) is 0 Å². The van der Waals surface area contributed by atoms with Gasteiger partial charge in [0.2, 0.25) is 0 Å². The average molecular weight is 307 g/mol. The standard InChI is InChI=1S/C7H18Si.C6H20Si3/c1-5-8(4,6-2)7-3;1-8(2)6-9(3,4)5-7/h5-7H2,1-4H3;8H,5-6H2,1-4,7H3. The third kappa shape index (κ3) is 11.7. The summed E-state index contributed by atoms with van der Waals surface area (Å²) in [5.41, 5.74) is 3.27. The monoisotopic (exact) mass is 306 g/mol. The first-order valence-electron chi connectivity index (χ1n) is 7.66. The van der Waals surface area contributed by atoms with E-state index in [1.807, 2.05) is 0 Å². The molecular formula is C13H38Si4. The summed E-state index contributed by atoms with van der Waals surface area (Å²) in [6, 6.07) is 4.38. The fourth-order valence-electron chi connectivity index (χ4n) is 2.00. The van der Waals surface area contributed by atoms with Crippen LogP contribution in [0.25, 0.3) is 0 Å². The van der Waals surface area contributed by atoms with Gasteiger partial charge in [0.1, 0.15) is 0 Å². The van der Waals surface area contributed by atoms with Gasteiger partial charge < -0.3 is 0 Å². The molecule has 0 amide bonds. The van der Waals surface area contributed by atoms with Crippen molar-refractivity contribution in [2.24, 2.45) is 0 Å². The summed E-state index contributed by atoms with van der Waals surface area (Å²) < 4.78 is 0. The van der Waals surface area contributed by atoms with E-state index >= 15 is 0 Å². The molecule has 0 heterocycles. The second-order valence-electron chi connectivity index (χ2n) is 6.99. The fraction of sp³-hybridized carbons (Fsp3) is 1.00. The van der Waals surface area contributed by atoms with E-state index in [2.05, 4.69) is 53.5 Å². The van der Waals surface area contributed by atoms with E-state index < -0.39 is 16.1 Å². The molecule has 0 spiro atoms. The molecule has 4 heteroatoms. The Balaban J connectivity index is 0. The van der Waals surface area contributed by atoms with Crippen molar-refractivity contribution >= 4 is 35.2 Å². The summed E-state index contributed by atoms with van der Waals surface area (Å²) in [5.74, 6) is 0. The van der Waals surface area contributed by atoms with Gasteiger partial charge in [-0.1, -0.05) is 83.0 Å². The van der Waals surface area contributed by atoms with Crippen LogP contribution in [0.2, 0.25) is 62.2 Å². The number of rotatable bonds is 6. The van der Waals surface area contributed by atoms with Crippen LogP contribution < -0.4 is 0 Å². The van der Waals surface area contributed by atoms with E-state index in [-0.39, 0.29) is 8.80 Å². The van der Waals surface area contributed by atoms with Crippen molar-refractivity contribution in [1.82, 2.24) is 0 Å². The Morgan fingerprint density at radius 2 is 1.24 bits per heavy atom. The molecule has 0 atom stereocenters. The van der Waals surface area contributed by atoms with Crippen LogP contribution in [0.1, 0.15) is 20.8 Å². The lowest BCUT2D eigenvalue weighted by molar-refractivity contribution is 1.18. The van der Waals surface area contributed by atoms with Gasteiger partial charge in [-0.25, -0.2) is 0 Å².